The van der Waals surface area contributed by atoms with Gasteiger partial charge in [-0.25, -0.2) is 0 Å². The van der Waals surface area contributed by atoms with Crippen LogP contribution in [0.2, 0.25) is 0 Å². The highest BCUT2D eigenvalue weighted by Crippen LogP contribution is 2.08. The van der Waals surface area contributed by atoms with Crippen LogP contribution in [0, 0.1) is 0 Å². The van der Waals surface area contributed by atoms with Gasteiger partial charge in [0.15, 0.2) is 5.49 Å². The van der Waals surface area contributed by atoms with E-state index in [1.165, 1.54) is 0 Å². The lowest BCUT2D eigenvalue weighted by Crippen LogP contribution is -2.19. The van der Waals surface area contributed by atoms with Gasteiger partial charge in [0.05, 0.1) is 6.20 Å². The number of hydrogen-bond donors (Lipinski definition) is 2. The van der Waals surface area contributed by atoms with E-state index in [9.17, 15) is 5.21 Å². The zero-order valence-corrected chi connectivity index (χ0v) is 6.88. The van der Waals surface area contributed by atoms with E-state index in [4.69, 9.17) is 5.84 Å². The maximum atomic E-state index is 9.35. The fourth-order valence-electron chi connectivity index (χ4n) is 1.26. The molecule has 0 unspecified atom stereocenters. The van der Waals surface area contributed by atoms with Gasteiger partial charge in [-0.2, -0.15) is 9.83 Å². The summed E-state index contributed by atoms with van der Waals surface area (Å²) in [6.45, 7) is 0. The van der Waals surface area contributed by atoms with Crippen molar-refractivity contribution < 1.29 is 5.21 Å². The van der Waals surface area contributed by atoms with Crippen LogP contribution in [-0.2, 0) is 0 Å². The molecule has 0 aliphatic rings. The number of pyridine rings is 1. The Morgan fingerprint density at radius 3 is 2.62 bits per heavy atom. The quantitative estimate of drug-likeness (QED) is 0.351. The number of benzene rings is 1. The molecular formula is C9H9N3O. The number of nitrogens with two attached hydrogens (primary N) is 1. The van der Waals surface area contributed by atoms with Crippen LogP contribution >= 0.6 is 0 Å². The van der Waals surface area contributed by atoms with Crippen molar-refractivity contribution in [3.05, 3.63) is 42.0 Å². The summed E-state index contributed by atoms with van der Waals surface area (Å²) in [5, 5.41) is 14.7. The Hall–Kier alpha value is -1.97. The predicted molar refractivity (Wildman–Crippen MR) is 48.9 cm³/mol. The number of nitrogens with zero attached hydrogens (tertiary/aromatic N) is 2. The average Bonchev–Trinajstić information content (AvgIpc) is 2.17. The lowest BCUT2D eigenvalue weighted by molar-refractivity contribution is 0.173. The van der Waals surface area contributed by atoms with Gasteiger partial charge < -0.3 is 11.0 Å². The summed E-state index contributed by atoms with van der Waals surface area (Å²) in [6, 6.07) is 9.38. The maximum absolute atomic E-state index is 9.35. The second-order valence-electron chi connectivity index (χ2n) is 2.73. The number of aromatic nitrogens is 1. The third-order valence-corrected chi connectivity index (χ3v) is 1.91. The Morgan fingerprint density at radius 2 is 1.92 bits per heavy atom. The van der Waals surface area contributed by atoms with Crippen LogP contribution in [0.3, 0.4) is 0 Å². The van der Waals surface area contributed by atoms with Crippen molar-refractivity contribution in [3.63, 3.8) is 0 Å². The van der Waals surface area contributed by atoms with Crippen LogP contribution in [0.1, 0.15) is 0 Å². The van der Waals surface area contributed by atoms with Crippen molar-refractivity contribution in [2.24, 2.45) is 10.9 Å². The Labute approximate surface area is 74.5 Å². The molecule has 4 heteroatoms. The summed E-state index contributed by atoms with van der Waals surface area (Å²) >= 11 is 0. The maximum Gasteiger partial charge on any atom is 0.187 e. The molecule has 1 aromatic carbocycles. The zero-order chi connectivity index (χ0) is 9.26. The summed E-state index contributed by atoms with van der Waals surface area (Å²) in [5.74, 6) is 5.09. The third kappa shape index (κ3) is 1.22. The SMILES string of the molecule is N/N=c1\cc2ccccc2cn1O. The van der Waals surface area contributed by atoms with Crippen molar-refractivity contribution in [2.75, 3.05) is 0 Å². The molecule has 2 aromatic rings. The van der Waals surface area contributed by atoms with Crippen molar-refractivity contribution in [1.82, 2.24) is 4.73 Å². The minimum absolute atomic E-state index is 0.332. The van der Waals surface area contributed by atoms with E-state index >= 15 is 0 Å². The number of rotatable bonds is 0. The average molecular weight is 175 g/mol. The topological polar surface area (TPSA) is 63.5 Å². The highest BCUT2D eigenvalue weighted by molar-refractivity contribution is 5.81. The van der Waals surface area contributed by atoms with E-state index in [2.05, 4.69) is 5.10 Å². The molecular weight excluding hydrogens is 166 g/mol. The molecule has 0 bridgehead atoms. The molecule has 0 fully saturated rings. The first kappa shape index (κ1) is 7.67. The summed E-state index contributed by atoms with van der Waals surface area (Å²) in [7, 11) is 0. The van der Waals surface area contributed by atoms with Crippen molar-refractivity contribution in [3.8, 4) is 0 Å². The van der Waals surface area contributed by atoms with Crippen molar-refractivity contribution in [1.29, 1.82) is 0 Å². The molecule has 0 aliphatic heterocycles. The predicted octanol–water partition coefficient (Wildman–Crippen LogP) is 0.653. The van der Waals surface area contributed by atoms with Gasteiger partial charge in [-0.3, -0.25) is 0 Å². The highest BCUT2D eigenvalue weighted by atomic mass is 16.5. The van der Waals surface area contributed by atoms with Gasteiger partial charge >= 0.3 is 0 Å². The third-order valence-electron chi connectivity index (χ3n) is 1.91. The molecule has 1 aromatic heterocycles. The molecule has 0 radical (unpaired) electrons. The lowest BCUT2D eigenvalue weighted by atomic mass is 10.2. The van der Waals surface area contributed by atoms with Gasteiger partial charge in [0.2, 0.25) is 0 Å². The Kier molecular flexibility index (Phi) is 1.66. The fraction of sp³-hybridized carbons (Fsp3) is 0. The number of fused-ring (bicyclic) bond motifs is 1. The molecule has 0 saturated heterocycles. The Balaban J connectivity index is 2.90. The van der Waals surface area contributed by atoms with Gasteiger partial charge in [-0.05, 0) is 11.5 Å². The molecule has 4 nitrogen and oxygen atoms in total. The monoisotopic (exact) mass is 175 g/mol. The zero-order valence-electron chi connectivity index (χ0n) is 6.88. The molecule has 0 aliphatic carbocycles. The van der Waals surface area contributed by atoms with Crippen LogP contribution < -0.4 is 11.3 Å². The van der Waals surface area contributed by atoms with Gasteiger partial charge in [0.1, 0.15) is 0 Å². The first-order valence-corrected chi connectivity index (χ1v) is 3.86. The highest BCUT2D eigenvalue weighted by Gasteiger charge is 1.94. The van der Waals surface area contributed by atoms with Gasteiger partial charge in [0.25, 0.3) is 0 Å². The second kappa shape index (κ2) is 2.82. The van der Waals surface area contributed by atoms with Crippen LogP contribution in [0.25, 0.3) is 10.8 Å². The molecule has 66 valence electrons. The number of hydrogen-bond acceptors (Lipinski definition) is 3. The van der Waals surface area contributed by atoms with E-state index < -0.39 is 0 Å². The van der Waals surface area contributed by atoms with E-state index in [-0.39, 0.29) is 0 Å². The van der Waals surface area contributed by atoms with Crippen LogP contribution in [-0.4, -0.2) is 9.94 Å². The van der Waals surface area contributed by atoms with E-state index in [0.29, 0.717) is 5.49 Å². The summed E-state index contributed by atoms with van der Waals surface area (Å²) in [4.78, 5) is 0. The molecule has 1 heterocycles. The molecule has 0 amide bonds. The first-order chi connectivity index (χ1) is 6.31. The minimum atomic E-state index is 0.332. The Morgan fingerprint density at radius 1 is 1.23 bits per heavy atom. The summed E-state index contributed by atoms with van der Waals surface area (Å²) in [5.41, 5.74) is 0.332. The van der Waals surface area contributed by atoms with Crippen molar-refractivity contribution >= 4 is 10.8 Å². The smallest absolute Gasteiger partial charge is 0.187 e. The molecule has 2 rings (SSSR count). The van der Waals surface area contributed by atoms with Crippen LogP contribution in [0.4, 0.5) is 0 Å². The van der Waals surface area contributed by atoms with Crippen LogP contribution in [0.15, 0.2) is 41.6 Å². The summed E-state index contributed by atoms with van der Waals surface area (Å²) in [6.07, 6.45) is 1.57. The van der Waals surface area contributed by atoms with E-state index in [0.717, 1.165) is 15.5 Å². The Bertz CT molecular complexity index is 501. The second-order valence-corrected chi connectivity index (χ2v) is 2.73. The molecule has 0 saturated carbocycles. The minimum Gasteiger partial charge on any atom is -0.427 e. The standard InChI is InChI=1S/C9H9N3O/c10-11-9-5-7-3-1-2-4-8(7)6-12(9)13/h1-6,13H,10H2/b11-9+. The van der Waals surface area contributed by atoms with E-state index in [1.807, 2.05) is 24.3 Å². The molecule has 3 N–H and O–H groups in total. The summed E-state index contributed by atoms with van der Waals surface area (Å²) < 4.78 is 0.905. The van der Waals surface area contributed by atoms with Gasteiger partial charge in [-0.1, -0.05) is 24.3 Å². The fourth-order valence-corrected chi connectivity index (χ4v) is 1.26. The molecule has 13 heavy (non-hydrogen) atoms. The first-order valence-electron chi connectivity index (χ1n) is 3.86. The van der Waals surface area contributed by atoms with Gasteiger partial charge in [-0.15, -0.1) is 0 Å². The van der Waals surface area contributed by atoms with Crippen molar-refractivity contribution in [2.45, 2.75) is 0 Å². The molecule has 0 spiro atoms. The lowest BCUT2D eigenvalue weighted by Gasteiger charge is -2.00. The van der Waals surface area contributed by atoms with E-state index in [1.54, 1.807) is 12.3 Å². The molecule has 0 atom stereocenters. The van der Waals surface area contributed by atoms with Gasteiger partial charge in [0, 0.05) is 5.39 Å². The normalized spacial score (nSPS) is 12.2. The van der Waals surface area contributed by atoms with Crippen LogP contribution in [0.5, 0.6) is 0 Å². The largest absolute Gasteiger partial charge is 0.427 e.